The highest BCUT2D eigenvalue weighted by Gasteiger charge is 2.04. The summed E-state index contributed by atoms with van der Waals surface area (Å²) >= 11 is 0. The Balaban J connectivity index is 2.00. The second kappa shape index (κ2) is 6.65. The van der Waals surface area contributed by atoms with E-state index in [0.717, 1.165) is 17.2 Å². The minimum Gasteiger partial charge on any atom is -0.497 e. The van der Waals surface area contributed by atoms with Gasteiger partial charge in [-0.2, -0.15) is 0 Å². The van der Waals surface area contributed by atoms with Crippen LogP contribution < -0.4 is 14.8 Å². The Hall–Kier alpha value is -2.69. The third-order valence-electron chi connectivity index (χ3n) is 2.81. The molecule has 110 valence electrons. The van der Waals surface area contributed by atoms with E-state index in [2.05, 4.69) is 5.32 Å². The summed E-state index contributed by atoms with van der Waals surface area (Å²) in [5.74, 6) is 2.20. The molecule has 5 heteroatoms. The molecule has 0 spiro atoms. The van der Waals surface area contributed by atoms with Gasteiger partial charge < -0.3 is 19.7 Å². The number of carbonyl (C=O) groups excluding carboxylic acids is 1. The molecule has 1 N–H and O–H groups in total. The summed E-state index contributed by atoms with van der Waals surface area (Å²) in [6, 6.07) is 14.4. The summed E-state index contributed by atoms with van der Waals surface area (Å²) in [5, 5.41) is 2.76. The van der Waals surface area contributed by atoms with Gasteiger partial charge in [0.05, 0.1) is 7.11 Å². The molecule has 5 nitrogen and oxygen atoms in total. The van der Waals surface area contributed by atoms with Gasteiger partial charge >= 0.3 is 6.03 Å². The lowest BCUT2D eigenvalue weighted by molar-refractivity contribution is 0.230. The third-order valence-corrected chi connectivity index (χ3v) is 2.81. The van der Waals surface area contributed by atoms with Crippen molar-refractivity contribution in [2.75, 3.05) is 26.5 Å². The van der Waals surface area contributed by atoms with Crippen LogP contribution in [0.4, 0.5) is 10.5 Å². The van der Waals surface area contributed by atoms with Crippen LogP contribution in [0.5, 0.6) is 17.2 Å². The van der Waals surface area contributed by atoms with Gasteiger partial charge in [-0.05, 0) is 48.5 Å². The Kier molecular flexibility index (Phi) is 4.66. The second-order valence-corrected chi connectivity index (χ2v) is 4.63. The van der Waals surface area contributed by atoms with Crippen LogP contribution in [-0.2, 0) is 0 Å². The normalized spacial score (nSPS) is 9.86. The standard InChI is InChI=1S/C16H18N2O3/c1-18(2)16(19)17-12-4-6-14(7-5-12)21-15-10-8-13(20-3)9-11-15/h4-11H,1-3H3,(H,17,19). The third kappa shape index (κ3) is 4.14. The quantitative estimate of drug-likeness (QED) is 0.934. The zero-order valence-corrected chi connectivity index (χ0v) is 12.3. The highest BCUT2D eigenvalue weighted by atomic mass is 16.5. The van der Waals surface area contributed by atoms with E-state index in [4.69, 9.17) is 9.47 Å². The van der Waals surface area contributed by atoms with E-state index in [1.54, 1.807) is 45.5 Å². The molecule has 2 rings (SSSR count). The first-order valence-electron chi connectivity index (χ1n) is 6.49. The van der Waals surface area contributed by atoms with Crippen molar-refractivity contribution in [1.29, 1.82) is 0 Å². The number of amides is 2. The topological polar surface area (TPSA) is 50.8 Å². The van der Waals surface area contributed by atoms with Crippen molar-refractivity contribution in [2.45, 2.75) is 0 Å². The van der Waals surface area contributed by atoms with Gasteiger partial charge in [-0.15, -0.1) is 0 Å². The summed E-state index contributed by atoms with van der Waals surface area (Å²) in [6.45, 7) is 0. The van der Waals surface area contributed by atoms with Crippen molar-refractivity contribution in [3.63, 3.8) is 0 Å². The van der Waals surface area contributed by atoms with E-state index in [-0.39, 0.29) is 6.03 Å². The van der Waals surface area contributed by atoms with E-state index >= 15 is 0 Å². The Morgan fingerprint density at radius 2 is 1.38 bits per heavy atom. The molecule has 0 fully saturated rings. The number of carbonyl (C=O) groups is 1. The average Bonchev–Trinajstić information content (AvgIpc) is 2.50. The molecule has 0 heterocycles. The number of benzene rings is 2. The van der Waals surface area contributed by atoms with Crippen LogP contribution in [0.25, 0.3) is 0 Å². The van der Waals surface area contributed by atoms with Gasteiger partial charge in [0.2, 0.25) is 0 Å². The number of hydrogen-bond donors (Lipinski definition) is 1. The maximum absolute atomic E-state index is 11.5. The number of ether oxygens (including phenoxy) is 2. The number of urea groups is 1. The molecule has 0 unspecified atom stereocenters. The van der Waals surface area contributed by atoms with Crippen LogP contribution in [0.3, 0.4) is 0 Å². The van der Waals surface area contributed by atoms with Gasteiger partial charge in [0.25, 0.3) is 0 Å². The van der Waals surface area contributed by atoms with E-state index in [1.807, 2.05) is 24.3 Å². The summed E-state index contributed by atoms with van der Waals surface area (Å²) in [6.07, 6.45) is 0. The predicted octanol–water partition coefficient (Wildman–Crippen LogP) is 3.58. The molecule has 2 aromatic rings. The van der Waals surface area contributed by atoms with Crippen LogP contribution in [0.2, 0.25) is 0 Å². The van der Waals surface area contributed by atoms with Crippen LogP contribution in [0, 0.1) is 0 Å². The molecule has 0 saturated heterocycles. The molecule has 21 heavy (non-hydrogen) atoms. The Morgan fingerprint density at radius 1 is 0.905 bits per heavy atom. The zero-order valence-electron chi connectivity index (χ0n) is 12.3. The highest BCUT2D eigenvalue weighted by molar-refractivity contribution is 5.88. The van der Waals surface area contributed by atoms with Gasteiger partial charge in [-0.3, -0.25) is 0 Å². The van der Waals surface area contributed by atoms with Gasteiger partial charge in [0.15, 0.2) is 0 Å². The minimum absolute atomic E-state index is 0.168. The van der Waals surface area contributed by atoms with Crippen LogP contribution in [0.15, 0.2) is 48.5 Å². The average molecular weight is 286 g/mol. The van der Waals surface area contributed by atoms with Gasteiger partial charge in [-0.1, -0.05) is 0 Å². The lowest BCUT2D eigenvalue weighted by Crippen LogP contribution is -2.27. The van der Waals surface area contributed by atoms with E-state index in [9.17, 15) is 4.79 Å². The number of nitrogens with one attached hydrogen (secondary N) is 1. The van der Waals surface area contributed by atoms with Crippen LogP contribution in [-0.4, -0.2) is 32.1 Å². The monoisotopic (exact) mass is 286 g/mol. The first-order chi connectivity index (χ1) is 10.1. The summed E-state index contributed by atoms with van der Waals surface area (Å²) < 4.78 is 10.8. The van der Waals surface area contributed by atoms with E-state index in [0.29, 0.717) is 5.75 Å². The van der Waals surface area contributed by atoms with Crippen molar-refractivity contribution in [3.05, 3.63) is 48.5 Å². The summed E-state index contributed by atoms with van der Waals surface area (Å²) in [5.41, 5.74) is 0.718. The first kappa shape index (κ1) is 14.7. The maximum atomic E-state index is 11.5. The SMILES string of the molecule is COc1ccc(Oc2ccc(NC(=O)N(C)C)cc2)cc1. The molecule has 0 aliphatic heterocycles. The highest BCUT2D eigenvalue weighted by Crippen LogP contribution is 2.24. The molecule has 0 atom stereocenters. The van der Waals surface area contributed by atoms with Crippen molar-refractivity contribution in [2.24, 2.45) is 0 Å². The molecule has 2 aromatic carbocycles. The fourth-order valence-electron chi connectivity index (χ4n) is 1.62. The summed E-state index contributed by atoms with van der Waals surface area (Å²) in [7, 11) is 5.00. The summed E-state index contributed by atoms with van der Waals surface area (Å²) in [4.78, 5) is 13.0. The smallest absolute Gasteiger partial charge is 0.321 e. The molecule has 0 aliphatic rings. The fraction of sp³-hybridized carbons (Fsp3) is 0.188. The molecule has 0 aliphatic carbocycles. The molecular formula is C16H18N2O3. The molecule has 0 saturated carbocycles. The lowest BCUT2D eigenvalue weighted by atomic mass is 10.3. The van der Waals surface area contributed by atoms with Gasteiger partial charge in [0.1, 0.15) is 17.2 Å². The van der Waals surface area contributed by atoms with Crippen LogP contribution in [0.1, 0.15) is 0 Å². The number of rotatable bonds is 4. The number of anilines is 1. The van der Waals surface area contributed by atoms with E-state index in [1.165, 1.54) is 4.90 Å². The first-order valence-corrected chi connectivity index (χ1v) is 6.49. The van der Waals surface area contributed by atoms with Gasteiger partial charge in [0, 0.05) is 19.8 Å². The predicted molar refractivity (Wildman–Crippen MR) is 82.2 cm³/mol. The Bertz CT molecular complexity index is 592. The minimum atomic E-state index is -0.168. The van der Waals surface area contributed by atoms with Crippen LogP contribution >= 0.6 is 0 Å². The Labute approximate surface area is 124 Å². The Morgan fingerprint density at radius 3 is 1.86 bits per heavy atom. The molecule has 2 amide bonds. The van der Waals surface area contributed by atoms with Gasteiger partial charge in [-0.25, -0.2) is 4.79 Å². The number of nitrogens with zero attached hydrogens (tertiary/aromatic N) is 1. The maximum Gasteiger partial charge on any atom is 0.321 e. The largest absolute Gasteiger partial charge is 0.497 e. The van der Waals surface area contributed by atoms with E-state index < -0.39 is 0 Å². The van der Waals surface area contributed by atoms with Crippen molar-refractivity contribution in [1.82, 2.24) is 4.90 Å². The molecule has 0 aromatic heterocycles. The fourth-order valence-corrected chi connectivity index (χ4v) is 1.62. The molecule has 0 bridgehead atoms. The molecule has 0 radical (unpaired) electrons. The zero-order chi connectivity index (χ0) is 15.2. The van der Waals surface area contributed by atoms with Crippen molar-refractivity contribution < 1.29 is 14.3 Å². The number of hydrogen-bond acceptors (Lipinski definition) is 3. The number of methoxy groups -OCH3 is 1. The van der Waals surface area contributed by atoms with Crippen molar-refractivity contribution >= 4 is 11.7 Å². The van der Waals surface area contributed by atoms with Crippen molar-refractivity contribution in [3.8, 4) is 17.2 Å². The lowest BCUT2D eigenvalue weighted by Gasteiger charge is -2.12. The second-order valence-electron chi connectivity index (χ2n) is 4.63. The molecular weight excluding hydrogens is 268 g/mol.